The van der Waals surface area contributed by atoms with Gasteiger partial charge in [-0.15, -0.1) is 6.58 Å². The lowest BCUT2D eigenvalue weighted by Crippen LogP contribution is -1.88. The van der Waals surface area contributed by atoms with Crippen molar-refractivity contribution < 1.29 is 0 Å². The van der Waals surface area contributed by atoms with E-state index in [9.17, 15) is 0 Å². The van der Waals surface area contributed by atoms with Crippen molar-refractivity contribution in [1.29, 1.82) is 0 Å². The summed E-state index contributed by atoms with van der Waals surface area (Å²) in [5.41, 5.74) is 3.32. The van der Waals surface area contributed by atoms with Gasteiger partial charge in [0.05, 0.1) is 5.69 Å². The minimum Gasteiger partial charge on any atom is -0.257 e. The maximum absolute atomic E-state index is 4.26. The summed E-state index contributed by atoms with van der Waals surface area (Å²) in [6, 6.07) is 4.05. The predicted molar refractivity (Wildman–Crippen MR) is 57.4 cm³/mol. The van der Waals surface area contributed by atoms with E-state index < -0.39 is 0 Å². The van der Waals surface area contributed by atoms with Gasteiger partial charge in [0, 0.05) is 6.20 Å². The topological polar surface area (TPSA) is 12.9 Å². The number of pyridine rings is 1. The number of hydrogen-bond donors (Lipinski definition) is 0. The van der Waals surface area contributed by atoms with Gasteiger partial charge in [0.15, 0.2) is 0 Å². The van der Waals surface area contributed by atoms with E-state index in [2.05, 4.69) is 31.1 Å². The molecule has 0 aliphatic heterocycles. The van der Waals surface area contributed by atoms with E-state index in [1.165, 1.54) is 5.56 Å². The number of rotatable bonds is 4. The lowest BCUT2D eigenvalue weighted by atomic mass is 10.1. The molecule has 1 heteroatoms. The summed E-state index contributed by atoms with van der Waals surface area (Å²) in [4.78, 5) is 4.26. The predicted octanol–water partition coefficient (Wildman–Crippen LogP) is 3.37. The molecule has 0 amide bonds. The quantitative estimate of drug-likeness (QED) is 0.636. The van der Waals surface area contributed by atoms with E-state index in [-0.39, 0.29) is 0 Å². The first-order chi connectivity index (χ1) is 6.24. The van der Waals surface area contributed by atoms with Crippen LogP contribution in [0.2, 0.25) is 0 Å². The Labute approximate surface area is 79.8 Å². The first kappa shape index (κ1) is 9.72. The molecule has 0 fully saturated rings. The molecule has 0 radical (unpaired) electrons. The van der Waals surface area contributed by atoms with Crippen molar-refractivity contribution in [3.05, 3.63) is 48.8 Å². The third-order valence-corrected chi connectivity index (χ3v) is 1.93. The van der Waals surface area contributed by atoms with E-state index in [4.69, 9.17) is 0 Å². The second kappa shape index (κ2) is 4.61. The lowest BCUT2D eigenvalue weighted by molar-refractivity contribution is 1.06. The van der Waals surface area contributed by atoms with Crippen molar-refractivity contribution in [3.8, 4) is 0 Å². The van der Waals surface area contributed by atoms with Crippen LogP contribution in [-0.2, 0) is 0 Å². The Morgan fingerprint density at radius 1 is 1.62 bits per heavy atom. The van der Waals surface area contributed by atoms with Crippen LogP contribution in [0.25, 0.3) is 5.57 Å². The minimum atomic E-state index is 0.944. The van der Waals surface area contributed by atoms with Crippen molar-refractivity contribution in [2.24, 2.45) is 0 Å². The SMILES string of the molecule is C=CCCC(=C)c1cc(C)ccn1. The zero-order valence-electron chi connectivity index (χ0n) is 8.09. The van der Waals surface area contributed by atoms with Crippen LogP contribution in [0.5, 0.6) is 0 Å². The van der Waals surface area contributed by atoms with E-state index in [1.54, 1.807) is 0 Å². The van der Waals surface area contributed by atoms with E-state index in [0.29, 0.717) is 0 Å². The highest BCUT2D eigenvalue weighted by molar-refractivity contribution is 5.60. The Morgan fingerprint density at radius 2 is 2.38 bits per heavy atom. The number of aryl methyl sites for hydroxylation is 1. The van der Waals surface area contributed by atoms with Gasteiger partial charge in [-0.2, -0.15) is 0 Å². The van der Waals surface area contributed by atoms with Crippen molar-refractivity contribution in [2.45, 2.75) is 19.8 Å². The van der Waals surface area contributed by atoms with Gasteiger partial charge in [-0.05, 0) is 43.0 Å². The van der Waals surface area contributed by atoms with Crippen molar-refractivity contribution in [2.75, 3.05) is 0 Å². The maximum Gasteiger partial charge on any atom is 0.0658 e. The largest absolute Gasteiger partial charge is 0.257 e. The molecule has 0 spiro atoms. The molecule has 1 heterocycles. The van der Waals surface area contributed by atoms with Gasteiger partial charge >= 0.3 is 0 Å². The zero-order chi connectivity index (χ0) is 9.68. The molecule has 1 aromatic rings. The Morgan fingerprint density at radius 3 is 3.00 bits per heavy atom. The molecular formula is C12H15N. The average molecular weight is 173 g/mol. The smallest absolute Gasteiger partial charge is 0.0658 e. The first-order valence-electron chi connectivity index (χ1n) is 4.45. The summed E-state index contributed by atoms with van der Waals surface area (Å²) in [7, 11) is 0. The number of aromatic nitrogens is 1. The fraction of sp³-hybridized carbons (Fsp3) is 0.250. The van der Waals surface area contributed by atoms with Crippen LogP contribution >= 0.6 is 0 Å². The Balaban J connectivity index is 2.71. The fourth-order valence-corrected chi connectivity index (χ4v) is 1.13. The molecule has 0 atom stereocenters. The molecule has 0 aromatic carbocycles. The Bertz CT molecular complexity index is 313. The number of allylic oxidation sites excluding steroid dienone is 2. The Hall–Kier alpha value is -1.37. The van der Waals surface area contributed by atoms with Gasteiger partial charge in [-0.1, -0.05) is 12.7 Å². The second-order valence-electron chi connectivity index (χ2n) is 3.15. The normalized spacial score (nSPS) is 9.62. The summed E-state index contributed by atoms with van der Waals surface area (Å²) >= 11 is 0. The molecule has 0 saturated carbocycles. The summed E-state index contributed by atoms with van der Waals surface area (Å²) in [6.45, 7) is 9.74. The van der Waals surface area contributed by atoms with Crippen LogP contribution in [0.15, 0.2) is 37.6 Å². The molecule has 0 aliphatic rings. The molecule has 0 unspecified atom stereocenters. The molecule has 13 heavy (non-hydrogen) atoms. The van der Waals surface area contributed by atoms with Gasteiger partial charge in [0.1, 0.15) is 0 Å². The van der Waals surface area contributed by atoms with Crippen LogP contribution in [0.3, 0.4) is 0 Å². The molecule has 0 aliphatic carbocycles. The monoisotopic (exact) mass is 173 g/mol. The third kappa shape index (κ3) is 2.86. The van der Waals surface area contributed by atoms with Crippen LogP contribution in [-0.4, -0.2) is 4.98 Å². The molecule has 0 N–H and O–H groups in total. The summed E-state index contributed by atoms with van der Waals surface area (Å²) < 4.78 is 0. The maximum atomic E-state index is 4.26. The van der Waals surface area contributed by atoms with Crippen molar-refractivity contribution in [3.63, 3.8) is 0 Å². The third-order valence-electron chi connectivity index (χ3n) is 1.93. The standard InChI is InChI=1S/C12H15N/c1-4-5-6-11(3)12-9-10(2)7-8-13-12/h4,7-9H,1,3,5-6H2,2H3. The summed E-state index contributed by atoms with van der Waals surface area (Å²) in [6.07, 6.45) is 5.64. The van der Waals surface area contributed by atoms with Gasteiger partial charge in [0.2, 0.25) is 0 Å². The fourth-order valence-electron chi connectivity index (χ4n) is 1.13. The first-order valence-corrected chi connectivity index (χ1v) is 4.45. The molecule has 0 saturated heterocycles. The molecule has 1 aromatic heterocycles. The molecule has 1 nitrogen and oxygen atoms in total. The second-order valence-corrected chi connectivity index (χ2v) is 3.15. The molecule has 0 bridgehead atoms. The van der Waals surface area contributed by atoms with Gasteiger partial charge in [0.25, 0.3) is 0 Å². The Kier molecular flexibility index (Phi) is 3.44. The highest BCUT2D eigenvalue weighted by atomic mass is 14.7. The lowest BCUT2D eigenvalue weighted by Gasteiger charge is -2.03. The minimum absolute atomic E-state index is 0.944. The number of nitrogens with zero attached hydrogens (tertiary/aromatic N) is 1. The average Bonchev–Trinajstić information content (AvgIpc) is 2.14. The van der Waals surface area contributed by atoms with Gasteiger partial charge < -0.3 is 0 Å². The van der Waals surface area contributed by atoms with Crippen LogP contribution in [0, 0.1) is 6.92 Å². The molecule has 68 valence electrons. The highest BCUT2D eigenvalue weighted by Gasteiger charge is 1.98. The van der Waals surface area contributed by atoms with Gasteiger partial charge in [-0.25, -0.2) is 0 Å². The van der Waals surface area contributed by atoms with Crippen LogP contribution < -0.4 is 0 Å². The summed E-state index contributed by atoms with van der Waals surface area (Å²) in [5.74, 6) is 0. The zero-order valence-corrected chi connectivity index (χ0v) is 8.09. The summed E-state index contributed by atoms with van der Waals surface area (Å²) in [5, 5.41) is 0. The molecular weight excluding hydrogens is 158 g/mol. The van der Waals surface area contributed by atoms with E-state index in [1.807, 2.05) is 18.3 Å². The van der Waals surface area contributed by atoms with E-state index >= 15 is 0 Å². The van der Waals surface area contributed by atoms with Crippen molar-refractivity contribution >= 4 is 5.57 Å². The highest BCUT2D eigenvalue weighted by Crippen LogP contribution is 2.16. The van der Waals surface area contributed by atoms with E-state index in [0.717, 1.165) is 24.1 Å². The molecule has 1 rings (SSSR count). The van der Waals surface area contributed by atoms with Gasteiger partial charge in [-0.3, -0.25) is 4.98 Å². The van der Waals surface area contributed by atoms with Crippen LogP contribution in [0.1, 0.15) is 24.1 Å². The van der Waals surface area contributed by atoms with Crippen molar-refractivity contribution in [1.82, 2.24) is 4.98 Å². The number of hydrogen-bond acceptors (Lipinski definition) is 1. The van der Waals surface area contributed by atoms with Crippen LogP contribution in [0.4, 0.5) is 0 Å².